The van der Waals surface area contributed by atoms with Crippen LogP contribution in [0, 0.1) is 5.92 Å². The zero-order chi connectivity index (χ0) is 16.3. The maximum Gasteiger partial charge on any atom is 0.251 e. The van der Waals surface area contributed by atoms with Crippen molar-refractivity contribution in [2.24, 2.45) is 5.92 Å². The number of anilines is 1. The summed E-state index contributed by atoms with van der Waals surface area (Å²) in [6, 6.07) is 5.79. The lowest BCUT2D eigenvalue weighted by Crippen LogP contribution is -2.32. The lowest BCUT2D eigenvalue weighted by Gasteiger charge is -2.17. The lowest BCUT2D eigenvalue weighted by molar-refractivity contribution is -0.116. The van der Waals surface area contributed by atoms with Gasteiger partial charge in [0.25, 0.3) is 5.91 Å². The summed E-state index contributed by atoms with van der Waals surface area (Å²) in [6.45, 7) is 8.71. The van der Waals surface area contributed by atoms with Crippen LogP contribution in [-0.4, -0.2) is 24.4 Å². The molecule has 0 bridgehead atoms. The molecule has 1 unspecified atom stereocenters. The zero-order valence-corrected chi connectivity index (χ0v) is 14.0. The predicted molar refractivity (Wildman–Crippen MR) is 89.2 cm³/mol. The van der Waals surface area contributed by atoms with Crippen molar-refractivity contribution in [2.45, 2.75) is 53.0 Å². The van der Waals surface area contributed by atoms with Crippen LogP contribution in [0.2, 0.25) is 0 Å². The topological polar surface area (TPSA) is 49.4 Å². The second-order valence-electron chi connectivity index (χ2n) is 6.61. The monoisotopic (exact) mass is 302 g/mol. The average Bonchev–Trinajstić information content (AvgIpc) is 2.88. The first-order valence-corrected chi connectivity index (χ1v) is 8.10. The molecule has 4 nitrogen and oxygen atoms in total. The third-order valence-electron chi connectivity index (χ3n) is 4.17. The maximum absolute atomic E-state index is 12.3. The number of amides is 2. The van der Waals surface area contributed by atoms with E-state index >= 15 is 0 Å². The molecule has 1 aromatic rings. The van der Waals surface area contributed by atoms with Crippen molar-refractivity contribution in [1.29, 1.82) is 0 Å². The quantitative estimate of drug-likeness (QED) is 0.908. The molecule has 0 radical (unpaired) electrons. The summed E-state index contributed by atoms with van der Waals surface area (Å²) >= 11 is 0. The first kappa shape index (κ1) is 16.5. The van der Waals surface area contributed by atoms with Crippen molar-refractivity contribution in [1.82, 2.24) is 5.32 Å². The first-order valence-electron chi connectivity index (χ1n) is 8.10. The highest BCUT2D eigenvalue weighted by Crippen LogP contribution is 2.28. The van der Waals surface area contributed by atoms with Crippen LogP contribution in [0.1, 0.15) is 56.5 Å². The van der Waals surface area contributed by atoms with Crippen LogP contribution in [0.15, 0.2) is 18.2 Å². The molecule has 120 valence electrons. The van der Waals surface area contributed by atoms with E-state index in [-0.39, 0.29) is 17.9 Å². The molecule has 1 aliphatic rings. The summed E-state index contributed by atoms with van der Waals surface area (Å²) < 4.78 is 0. The minimum absolute atomic E-state index is 0.0275. The van der Waals surface area contributed by atoms with Crippen molar-refractivity contribution >= 4 is 17.5 Å². The van der Waals surface area contributed by atoms with Crippen LogP contribution < -0.4 is 10.2 Å². The molecule has 2 amide bonds. The number of rotatable bonds is 5. The molecule has 0 fully saturated rings. The zero-order valence-electron chi connectivity index (χ0n) is 14.0. The van der Waals surface area contributed by atoms with E-state index in [1.54, 1.807) is 11.8 Å². The van der Waals surface area contributed by atoms with Gasteiger partial charge in [0.05, 0.1) is 0 Å². The third-order valence-corrected chi connectivity index (χ3v) is 4.17. The number of nitrogens with one attached hydrogen (secondary N) is 1. The fraction of sp³-hybridized carbons (Fsp3) is 0.556. The molecule has 0 saturated carbocycles. The van der Waals surface area contributed by atoms with E-state index < -0.39 is 0 Å². The normalized spacial score (nSPS) is 14.9. The number of nitrogens with zero attached hydrogens (tertiary/aromatic N) is 1. The van der Waals surface area contributed by atoms with Crippen LogP contribution in [0.3, 0.4) is 0 Å². The molecular weight excluding hydrogens is 276 g/mol. The highest BCUT2D eigenvalue weighted by atomic mass is 16.2. The molecule has 0 aliphatic carbocycles. The van der Waals surface area contributed by atoms with Crippen molar-refractivity contribution in [2.75, 3.05) is 11.4 Å². The van der Waals surface area contributed by atoms with Crippen LogP contribution in [0.4, 0.5) is 5.69 Å². The van der Waals surface area contributed by atoms with E-state index in [0.717, 1.165) is 30.5 Å². The third kappa shape index (κ3) is 3.87. The summed E-state index contributed by atoms with van der Waals surface area (Å²) in [5.41, 5.74) is 2.70. The Hall–Kier alpha value is -1.84. The number of fused-ring (bicyclic) bond motifs is 1. The van der Waals surface area contributed by atoms with Crippen molar-refractivity contribution in [3.05, 3.63) is 29.3 Å². The van der Waals surface area contributed by atoms with Gasteiger partial charge in [-0.15, -0.1) is 0 Å². The van der Waals surface area contributed by atoms with Crippen molar-refractivity contribution in [3.63, 3.8) is 0 Å². The summed E-state index contributed by atoms with van der Waals surface area (Å²) in [7, 11) is 0. The van der Waals surface area contributed by atoms with Crippen LogP contribution in [-0.2, 0) is 11.2 Å². The van der Waals surface area contributed by atoms with Gasteiger partial charge in [-0.25, -0.2) is 0 Å². The second-order valence-corrected chi connectivity index (χ2v) is 6.61. The van der Waals surface area contributed by atoms with Gasteiger partial charge < -0.3 is 10.2 Å². The molecule has 1 aliphatic heterocycles. The van der Waals surface area contributed by atoms with Gasteiger partial charge in [-0.3, -0.25) is 9.59 Å². The summed E-state index contributed by atoms with van der Waals surface area (Å²) in [5, 5.41) is 3.06. The van der Waals surface area contributed by atoms with E-state index in [1.165, 1.54) is 0 Å². The maximum atomic E-state index is 12.3. The number of benzene rings is 1. The second kappa shape index (κ2) is 6.95. The minimum atomic E-state index is -0.0275. The smallest absolute Gasteiger partial charge is 0.251 e. The highest BCUT2D eigenvalue weighted by molar-refractivity contribution is 5.97. The Bertz CT molecular complexity index is 566. The summed E-state index contributed by atoms with van der Waals surface area (Å²) in [5.74, 6) is 0.676. The fourth-order valence-electron chi connectivity index (χ4n) is 2.83. The minimum Gasteiger partial charge on any atom is -0.350 e. The van der Waals surface area contributed by atoms with Crippen LogP contribution in [0.5, 0.6) is 0 Å². The molecule has 0 saturated heterocycles. The van der Waals surface area contributed by atoms with Gasteiger partial charge in [-0.2, -0.15) is 0 Å². The molecule has 4 heteroatoms. The first-order chi connectivity index (χ1) is 10.4. The molecule has 1 atom stereocenters. The molecule has 0 spiro atoms. The van der Waals surface area contributed by atoms with Crippen molar-refractivity contribution in [3.8, 4) is 0 Å². The number of hydrogen-bond donors (Lipinski definition) is 1. The Morgan fingerprint density at radius 1 is 1.23 bits per heavy atom. The average molecular weight is 302 g/mol. The van der Waals surface area contributed by atoms with Crippen LogP contribution >= 0.6 is 0 Å². The molecule has 0 aromatic heterocycles. The number of hydrogen-bond acceptors (Lipinski definition) is 2. The summed E-state index contributed by atoms with van der Waals surface area (Å²) in [6.07, 6.45) is 2.92. The Kier molecular flexibility index (Phi) is 5.22. The van der Waals surface area contributed by atoms with E-state index in [4.69, 9.17) is 0 Å². The van der Waals surface area contributed by atoms with E-state index in [9.17, 15) is 9.59 Å². The Balaban J connectivity index is 2.02. The summed E-state index contributed by atoms with van der Waals surface area (Å²) in [4.78, 5) is 25.6. The van der Waals surface area contributed by atoms with Gasteiger partial charge in [0, 0.05) is 30.8 Å². The predicted octanol–water partition coefficient (Wildman–Crippen LogP) is 3.15. The molecule has 1 aromatic carbocycles. The lowest BCUT2D eigenvalue weighted by atomic mass is 10.0. The van der Waals surface area contributed by atoms with Gasteiger partial charge >= 0.3 is 0 Å². The largest absolute Gasteiger partial charge is 0.350 e. The molecular formula is C18H26N2O2. The van der Waals surface area contributed by atoms with Crippen LogP contribution in [0.25, 0.3) is 0 Å². The molecule has 1 N–H and O–H groups in total. The Morgan fingerprint density at radius 2 is 1.95 bits per heavy atom. The SMILES string of the molecule is CC(=O)N1CCc2cc(C(=O)NC(C)CCC(C)C)ccc21. The van der Waals surface area contributed by atoms with Gasteiger partial charge in [-0.05, 0) is 55.9 Å². The van der Waals surface area contributed by atoms with E-state index in [0.29, 0.717) is 18.0 Å². The standard InChI is InChI=1S/C18H26N2O2/c1-12(2)5-6-13(3)19-18(22)16-7-8-17-15(11-16)9-10-20(17)14(4)21/h7-8,11-13H,5-6,9-10H2,1-4H3,(H,19,22). The molecule has 2 rings (SSSR count). The molecule has 1 heterocycles. The number of carbonyl (C=O) groups excluding carboxylic acids is 2. The van der Waals surface area contributed by atoms with Gasteiger partial charge in [0.1, 0.15) is 0 Å². The van der Waals surface area contributed by atoms with Crippen molar-refractivity contribution < 1.29 is 9.59 Å². The van der Waals surface area contributed by atoms with Gasteiger partial charge in [0.2, 0.25) is 5.91 Å². The Labute approximate surface area is 132 Å². The Morgan fingerprint density at radius 3 is 2.59 bits per heavy atom. The number of carbonyl (C=O) groups is 2. The highest BCUT2D eigenvalue weighted by Gasteiger charge is 2.23. The molecule has 22 heavy (non-hydrogen) atoms. The van der Waals surface area contributed by atoms with E-state index in [2.05, 4.69) is 19.2 Å². The van der Waals surface area contributed by atoms with E-state index in [1.807, 2.05) is 25.1 Å². The fourth-order valence-corrected chi connectivity index (χ4v) is 2.83. The van der Waals surface area contributed by atoms with Gasteiger partial charge in [-0.1, -0.05) is 13.8 Å². The van der Waals surface area contributed by atoms with Gasteiger partial charge in [0.15, 0.2) is 0 Å².